The molecule has 250 valence electrons. The lowest BCUT2D eigenvalue weighted by atomic mass is 9.86. The highest BCUT2D eigenvalue weighted by atomic mass is 16.7. The van der Waals surface area contributed by atoms with Crippen molar-refractivity contribution in [3.63, 3.8) is 0 Å². The largest absolute Gasteiger partial charge is 0.394 e. The molecular weight excluding hydrogens is 586 g/mol. The minimum absolute atomic E-state index is 0.0307. The molecule has 2 fully saturated rings. The number of aliphatic hydroxyl groups excluding tert-OH is 12. The van der Waals surface area contributed by atoms with Crippen LogP contribution in [0.25, 0.3) is 0 Å². The number of Topliss-reactive ketones (excluding diaryl/α,β-unsaturated/α-hetero) is 1. The summed E-state index contributed by atoms with van der Waals surface area (Å²) in [5, 5.41) is 124. The third-order valence-corrected chi connectivity index (χ3v) is 7.90. The van der Waals surface area contributed by atoms with E-state index in [2.05, 4.69) is 5.32 Å². The quantitative estimate of drug-likeness (QED) is 0.0891. The zero-order valence-corrected chi connectivity index (χ0v) is 23.4. The second-order valence-electron chi connectivity index (χ2n) is 10.9. The van der Waals surface area contributed by atoms with E-state index in [4.69, 9.17) is 24.1 Å². The first-order chi connectivity index (χ1) is 20.2. The van der Waals surface area contributed by atoms with Gasteiger partial charge < -0.3 is 85.5 Å². The second-order valence-corrected chi connectivity index (χ2v) is 10.9. The van der Waals surface area contributed by atoms with Gasteiger partial charge in [-0.15, -0.1) is 0 Å². The molecule has 43 heavy (non-hydrogen) atoms. The first-order valence-electron chi connectivity index (χ1n) is 13.8. The second kappa shape index (κ2) is 15.3. The summed E-state index contributed by atoms with van der Waals surface area (Å²) in [5.74, 6) is -1.22. The predicted molar refractivity (Wildman–Crippen MR) is 138 cm³/mol. The van der Waals surface area contributed by atoms with E-state index in [0.29, 0.717) is 0 Å². The Bertz CT molecular complexity index is 941. The Morgan fingerprint density at radius 3 is 2.02 bits per heavy atom. The van der Waals surface area contributed by atoms with E-state index in [-0.39, 0.29) is 5.57 Å². The number of hydrogen-bond acceptors (Lipinski definition) is 18. The van der Waals surface area contributed by atoms with Gasteiger partial charge in [-0.3, -0.25) is 4.79 Å². The molecule has 13 N–H and O–H groups in total. The van der Waals surface area contributed by atoms with Crippen LogP contribution in [0.3, 0.4) is 0 Å². The smallest absolute Gasteiger partial charge is 0.195 e. The van der Waals surface area contributed by atoms with Crippen molar-refractivity contribution < 1.29 is 85.0 Å². The molecule has 2 heterocycles. The SMILES string of the molecule is CC1O[C@H](OC(C(=O)C(O)CO)[C@H](O)CO)[C@H](O)C(O)C1OC1O[C@H](C)C(NC2C=C(CO)[C@@H](O)C(O)[C@H]2O)[C@H](O)C1O. The Hall–Kier alpha value is -1.27. The van der Waals surface area contributed by atoms with Gasteiger partial charge in [-0.1, -0.05) is 6.08 Å². The molecule has 3 aliphatic rings. The van der Waals surface area contributed by atoms with Crippen molar-refractivity contribution >= 4 is 5.78 Å². The molecule has 0 aromatic heterocycles. The van der Waals surface area contributed by atoms with Crippen LogP contribution in [-0.4, -0.2) is 191 Å². The molecule has 10 unspecified atom stereocenters. The number of aliphatic hydroxyl groups is 12. The number of carbonyl (C=O) groups is 1. The Morgan fingerprint density at radius 2 is 1.44 bits per heavy atom. The molecule has 0 aromatic carbocycles. The van der Waals surface area contributed by atoms with E-state index >= 15 is 0 Å². The first-order valence-corrected chi connectivity index (χ1v) is 13.8. The van der Waals surface area contributed by atoms with E-state index in [9.17, 15) is 61.0 Å². The molecule has 2 aliphatic heterocycles. The fraction of sp³-hybridized carbons (Fsp3) is 0.880. The highest BCUT2D eigenvalue weighted by Crippen LogP contribution is 2.31. The van der Waals surface area contributed by atoms with Crippen molar-refractivity contribution in [3.05, 3.63) is 11.6 Å². The van der Waals surface area contributed by atoms with E-state index in [1.165, 1.54) is 19.9 Å². The van der Waals surface area contributed by atoms with Crippen molar-refractivity contribution in [2.45, 2.75) is 118 Å². The summed E-state index contributed by atoms with van der Waals surface area (Å²) >= 11 is 0. The lowest BCUT2D eigenvalue weighted by Crippen LogP contribution is -2.68. The maximum atomic E-state index is 12.3. The summed E-state index contributed by atoms with van der Waals surface area (Å²) in [7, 11) is 0. The molecule has 0 amide bonds. The molecule has 0 saturated carbocycles. The maximum absolute atomic E-state index is 12.3. The molecule has 1 aliphatic carbocycles. The number of ketones is 1. The fourth-order valence-corrected chi connectivity index (χ4v) is 5.26. The minimum Gasteiger partial charge on any atom is -0.394 e. The summed E-state index contributed by atoms with van der Waals surface area (Å²) in [6.07, 6.45) is -23.2. The average molecular weight is 630 g/mol. The number of nitrogens with one attached hydrogen (secondary N) is 1. The molecule has 2 saturated heterocycles. The van der Waals surface area contributed by atoms with Crippen molar-refractivity contribution in [3.8, 4) is 0 Å². The normalized spacial score (nSPS) is 44.4. The standard InChI is InChI=1S/C25H43NO17/c1-7-13(26-10-3-9(4-27)14(32)18(36)15(10)33)17(35)20(38)24(40-7)42-22-8(2)41-25(21(39)19(22)37)43-23(12(31)6-29)16(34)11(30)5-28/h3,7-8,10-15,17-33,35-39H,4-6H2,1-2H3/t7-,8?,10?,11?,12-,13?,14-,15+,17+,18?,19?,20?,21-,22?,23?,24?,25-/m1/s1. The topological polar surface area (TPSA) is 309 Å². The van der Waals surface area contributed by atoms with Gasteiger partial charge in [0.1, 0.15) is 67.1 Å². The highest BCUT2D eigenvalue weighted by molar-refractivity contribution is 5.87. The van der Waals surface area contributed by atoms with Crippen LogP contribution in [0.5, 0.6) is 0 Å². The molecule has 0 spiro atoms. The van der Waals surface area contributed by atoms with Crippen LogP contribution in [0, 0.1) is 0 Å². The molecule has 3 rings (SSSR count). The third kappa shape index (κ3) is 7.76. The lowest BCUT2D eigenvalue weighted by molar-refractivity contribution is -0.351. The van der Waals surface area contributed by atoms with Crippen LogP contribution in [0.4, 0.5) is 0 Å². The molecule has 18 nitrogen and oxygen atoms in total. The molecular formula is C25H43NO17. The number of carbonyl (C=O) groups excluding carboxylic acids is 1. The molecule has 17 atom stereocenters. The van der Waals surface area contributed by atoms with Crippen LogP contribution in [0.15, 0.2) is 11.6 Å². The van der Waals surface area contributed by atoms with E-state index in [1.807, 2.05) is 0 Å². The van der Waals surface area contributed by atoms with Gasteiger partial charge in [-0.05, 0) is 19.4 Å². The van der Waals surface area contributed by atoms with Crippen LogP contribution >= 0.6 is 0 Å². The van der Waals surface area contributed by atoms with E-state index in [0.717, 1.165) is 0 Å². The Labute approximate surface area is 245 Å². The van der Waals surface area contributed by atoms with Crippen LogP contribution < -0.4 is 5.32 Å². The number of ether oxygens (including phenoxy) is 4. The lowest BCUT2D eigenvalue weighted by Gasteiger charge is -2.47. The monoisotopic (exact) mass is 629 g/mol. The number of hydrogen-bond donors (Lipinski definition) is 13. The van der Waals surface area contributed by atoms with Gasteiger partial charge in [0.25, 0.3) is 0 Å². The Morgan fingerprint density at radius 1 is 0.837 bits per heavy atom. The molecule has 0 aromatic rings. The number of rotatable bonds is 12. The molecule has 18 heteroatoms. The van der Waals surface area contributed by atoms with Gasteiger partial charge in [-0.2, -0.15) is 0 Å². The molecule has 0 bridgehead atoms. The van der Waals surface area contributed by atoms with Gasteiger partial charge in [0.15, 0.2) is 18.4 Å². The van der Waals surface area contributed by atoms with Crippen LogP contribution in [-0.2, 0) is 23.7 Å². The van der Waals surface area contributed by atoms with Crippen molar-refractivity contribution in [1.82, 2.24) is 5.32 Å². The van der Waals surface area contributed by atoms with Crippen molar-refractivity contribution in [1.29, 1.82) is 0 Å². The average Bonchev–Trinajstić information content (AvgIpc) is 2.99. The zero-order valence-electron chi connectivity index (χ0n) is 23.4. The minimum atomic E-state index is -1.98. The first kappa shape index (κ1) is 36.2. The summed E-state index contributed by atoms with van der Waals surface area (Å²) in [6, 6.07) is -2.13. The third-order valence-electron chi connectivity index (χ3n) is 7.90. The Balaban J connectivity index is 1.67. The van der Waals surface area contributed by atoms with Gasteiger partial charge >= 0.3 is 0 Å². The van der Waals surface area contributed by atoms with Gasteiger partial charge in [0, 0.05) is 0 Å². The fourth-order valence-electron chi connectivity index (χ4n) is 5.26. The van der Waals surface area contributed by atoms with E-state index < -0.39 is 130 Å². The zero-order chi connectivity index (χ0) is 32.3. The summed E-state index contributed by atoms with van der Waals surface area (Å²) in [6.45, 7) is 0.242. The Kier molecular flexibility index (Phi) is 12.9. The summed E-state index contributed by atoms with van der Waals surface area (Å²) in [4.78, 5) is 12.3. The van der Waals surface area contributed by atoms with Gasteiger partial charge in [0.05, 0.1) is 44.1 Å². The predicted octanol–water partition coefficient (Wildman–Crippen LogP) is -7.69. The van der Waals surface area contributed by atoms with Crippen molar-refractivity contribution in [2.24, 2.45) is 0 Å². The summed E-state index contributed by atoms with van der Waals surface area (Å²) < 4.78 is 22.2. The maximum Gasteiger partial charge on any atom is 0.195 e. The van der Waals surface area contributed by atoms with Gasteiger partial charge in [0.2, 0.25) is 0 Å². The highest BCUT2D eigenvalue weighted by Gasteiger charge is 2.51. The molecule has 0 radical (unpaired) electrons. The van der Waals surface area contributed by atoms with E-state index in [1.54, 1.807) is 0 Å². The van der Waals surface area contributed by atoms with Gasteiger partial charge in [-0.25, -0.2) is 0 Å². The van der Waals surface area contributed by atoms with Crippen LogP contribution in [0.2, 0.25) is 0 Å². The van der Waals surface area contributed by atoms with Crippen LogP contribution in [0.1, 0.15) is 13.8 Å². The van der Waals surface area contributed by atoms with Crippen molar-refractivity contribution in [2.75, 3.05) is 19.8 Å². The summed E-state index contributed by atoms with van der Waals surface area (Å²) in [5.41, 5.74) is 0.0307.